The van der Waals surface area contributed by atoms with Crippen molar-refractivity contribution in [2.24, 2.45) is 0 Å². The van der Waals surface area contributed by atoms with Gasteiger partial charge in [0.15, 0.2) is 0 Å². The van der Waals surface area contributed by atoms with Crippen LogP contribution >= 0.6 is 0 Å². The fraction of sp³-hybridized carbons (Fsp3) is 0.381. The molecular formula is C21H26N2O3S. The Bertz CT molecular complexity index is 936. The molecule has 1 aliphatic rings. The minimum Gasteiger partial charge on any atom is -0.335 e. The maximum atomic E-state index is 13.0. The molecule has 0 aromatic heterocycles. The molecule has 1 unspecified atom stereocenters. The van der Waals surface area contributed by atoms with Crippen LogP contribution in [0.1, 0.15) is 47.8 Å². The molecule has 27 heavy (non-hydrogen) atoms. The summed E-state index contributed by atoms with van der Waals surface area (Å²) in [6.07, 6.45) is 1.84. The third kappa shape index (κ3) is 3.64. The minimum absolute atomic E-state index is 0.0248. The first-order valence-electron chi connectivity index (χ1n) is 9.35. The first-order chi connectivity index (χ1) is 12.9. The average Bonchev–Trinajstić information content (AvgIpc) is 3.12. The van der Waals surface area contributed by atoms with Crippen LogP contribution in [0.5, 0.6) is 0 Å². The quantitative estimate of drug-likeness (QED) is 0.764. The second kappa shape index (κ2) is 7.82. The summed E-state index contributed by atoms with van der Waals surface area (Å²) in [6, 6.07) is 14.6. The second-order valence-corrected chi connectivity index (χ2v) is 8.72. The van der Waals surface area contributed by atoms with Crippen molar-refractivity contribution >= 4 is 15.9 Å². The summed E-state index contributed by atoms with van der Waals surface area (Å²) in [5.41, 5.74) is 2.86. The van der Waals surface area contributed by atoms with E-state index < -0.39 is 10.0 Å². The zero-order chi connectivity index (χ0) is 19.6. The normalized spacial score (nSPS) is 16.4. The molecule has 0 bridgehead atoms. The molecule has 1 amide bonds. The Hall–Kier alpha value is -2.18. The topological polar surface area (TPSA) is 57.7 Å². The third-order valence-electron chi connectivity index (χ3n) is 5.31. The Balaban J connectivity index is 1.88. The van der Waals surface area contributed by atoms with Crippen molar-refractivity contribution < 1.29 is 13.2 Å². The maximum absolute atomic E-state index is 13.0. The Morgan fingerprint density at radius 3 is 2.48 bits per heavy atom. The van der Waals surface area contributed by atoms with Crippen LogP contribution in [0.3, 0.4) is 0 Å². The van der Waals surface area contributed by atoms with Gasteiger partial charge in [0.25, 0.3) is 5.91 Å². The molecule has 0 N–H and O–H groups in total. The van der Waals surface area contributed by atoms with E-state index in [9.17, 15) is 13.2 Å². The van der Waals surface area contributed by atoms with Crippen molar-refractivity contribution in [1.82, 2.24) is 9.21 Å². The summed E-state index contributed by atoms with van der Waals surface area (Å²) in [5, 5.41) is 0. The Kier molecular flexibility index (Phi) is 5.67. The minimum atomic E-state index is -3.59. The number of amides is 1. The molecule has 0 fully saturated rings. The zero-order valence-corrected chi connectivity index (χ0v) is 16.9. The van der Waals surface area contributed by atoms with Gasteiger partial charge < -0.3 is 4.90 Å². The number of carbonyl (C=O) groups is 1. The highest BCUT2D eigenvalue weighted by Gasteiger charge is 2.29. The molecule has 0 saturated heterocycles. The fourth-order valence-electron chi connectivity index (χ4n) is 3.78. The first kappa shape index (κ1) is 19.6. The summed E-state index contributed by atoms with van der Waals surface area (Å²) in [5.74, 6) is -0.159. The highest BCUT2D eigenvalue weighted by Crippen LogP contribution is 2.35. The Morgan fingerprint density at radius 1 is 1.07 bits per heavy atom. The predicted octanol–water partition coefficient (Wildman–Crippen LogP) is 3.48. The third-order valence-corrected chi connectivity index (χ3v) is 7.36. The molecule has 5 nitrogen and oxygen atoms in total. The summed E-state index contributed by atoms with van der Waals surface area (Å²) in [6.45, 7) is 4.41. The molecule has 0 saturated carbocycles. The molecule has 2 aromatic carbocycles. The Labute approximate surface area is 161 Å². The van der Waals surface area contributed by atoms with Gasteiger partial charge in [-0.15, -0.1) is 0 Å². The molecule has 1 aliphatic carbocycles. The van der Waals surface area contributed by atoms with Crippen LogP contribution < -0.4 is 0 Å². The molecule has 0 heterocycles. The fourth-order valence-corrected chi connectivity index (χ4v) is 5.29. The number of sulfonamides is 1. The molecule has 1 atom stereocenters. The number of carbonyl (C=O) groups excluding carboxylic acids is 1. The molecule has 6 heteroatoms. The standard InChI is InChI=1S/C21H26N2O3S/c1-4-23(5-2)27(25,26)18-11-8-10-17(15-18)21(24)22(3)20-14-13-16-9-6-7-12-19(16)20/h6-12,15,20H,4-5,13-14H2,1-3H3. The van der Waals surface area contributed by atoms with Gasteiger partial charge in [0.1, 0.15) is 0 Å². The van der Waals surface area contributed by atoms with Crippen LogP contribution in [0, 0.1) is 0 Å². The number of nitrogens with zero attached hydrogens (tertiary/aromatic N) is 2. The monoisotopic (exact) mass is 386 g/mol. The Morgan fingerprint density at radius 2 is 1.78 bits per heavy atom. The second-order valence-electron chi connectivity index (χ2n) is 6.79. The van der Waals surface area contributed by atoms with Gasteiger partial charge >= 0.3 is 0 Å². The van der Waals surface area contributed by atoms with Crippen molar-refractivity contribution in [2.75, 3.05) is 20.1 Å². The van der Waals surface area contributed by atoms with Crippen molar-refractivity contribution in [3.05, 3.63) is 65.2 Å². The van der Waals surface area contributed by atoms with Gasteiger partial charge in [0.2, 0.25) is 10.0 Å². The molecular weight excluding hydrogens is 360 g/mol. The van der Waals surface area contributed by atoms with Gasteiger partial charge in [-0.25, -0.2) is 8.42 Å². The summed E-state index contributed by atoms with van der Waals surface area (Å²) >= 11 is 0. The summed E-state index contributed by atoms with van der Waals surface area (Å²) in [4.78, 5) is 14.9. The average molecular weight is 387 g/mol. The molecule has 2 aromatic rings. The van der Waals surface area contributed by atoms with Crippen LogP contribution in [0.4, 0.5) is 0 Å². The van der Waals surface area contributed by atoms with Gasteiger partial charge in [-0.05, 0) is 42.2 Å². The van der Waals surface area contributed by atoms with E-state index in [1.165, 1.54) is 21.5 Å². The largest absolute Gasteiger partial charge is 0.335 e. The van der Waals surface area contributed by atoms with Gasteiger partial charge in [-0.2, -0.15) is 4.31 Å². The molecule has 0 radical (unpaired) electrons. The first-order valence-corrected chi connectivity index (χ1v) is 10.8. The smallest absolute Gasteiger partial charge is 0.254 e. The van der Waals surface area contributed by atoms with Crippen LogP contribution in [0.25, 0.3) is 0 Å². The lowest BCUT2D eigenvalue weighted by Crippen LogP contribution is -2.32. The lowest BCUT2D eigenvalue weighted by atomic mass is 10.1. The highest BCUT2D eigenvalue weighted by molar-refractivity contribution is 7.89. The number of aryl methyl sites for hydroxylation is 1. The van der Waals surface area contributed by atoms with Crippen molar-refractivity contribution in [1.29, 1.82) is 0 Å². The number of hydrogen-bond acceptors (Lipinski definition) is 3. The van der Waals surface area contributed by atoms with E-state index in [4.69, 9.17) is 0 Å². The lowest BCUT2D eigenvalue weighted by molar-refractivity contribution is 0.0730. The zero-order valence-electron chi connectivity index (χ0n) is 16.1. The van der Waals surface area contributed by atoms with Crippen molar-refractivity contribution in [2.45, 2.75) is 37.6 Å². The van der Waals surface area contributed by atoms with E-state index in [-0.39, 0.29) is 16.8 Å². The summed E-state index contributed by atoms with van der Waals surface area (Å²) < 4.78 is 26.9. The van der Waals surface area contributed by atoms with Crippen LogP contribution in [0.15, 0.2) is 53.4 Å². The SMILES string of the molecule is CCN(CC)S(=O)(=O)c1cccc(C(=O)N(C)C2CCc3ccccc32)c1. The molecule has 0 spiro atoms. The van der Waals surface area contributed by atoms with Crippen molar-refractivity contribution in [3.8, 4) is 0 Å². The van der Waals surface area contributed by atoms with E-state index in [1.807, 2.05) is 12.1 Å². The van der Waals surface area contributed by atoms with Crippen LogP contribution in [-0.4, -0.2) is 43.7 Å². The van der Waals surface area contributed by atoms with Gasteiger partial charge in [0, 0.05) is 25.7 Å². The van der Waals surface area contributed by atoms with E-state index in [1.54, 1.807) is 44.0 Å². The molecule has 0 aliphatic heterocycles. The summed E-state index contributed by atoms with van der Waals surface area (Å²) in [7, 11) is -1.80. The molecule has 144 valence electrons. The van der Waals surface area contributed by atoms with Crippen molar-refractivity contribution in [3.63, 3.8) is 0 Å². The number of rotatable bonds is 6. The van der Waals surface area contributed by atoms with E-state index in [2.05, 4.69) is 12.1 Å². The number of benzene rings is 2. The lowest BCUT2D eigenvalue weighted by Gasteiger charge is -2.26. The maximum Gasteiger partial charge on any atom is 0.254 e. The highest BCUT2D eigenvalue weighted by atomic mass is 32.2. The van der Waals surface area contributed by atoms with Gasteiger partial charge in [-0.1, -0.05) is 44.2 Å². The predicted molar refractivity (Wildman–Crippen MR) is 106 cm³/mol. The van der Waals surface area contributed by atoms with Gasteiger partial charge in [-0.3, -0.25) is 4.79 Å². The van der Waals surface area contributed by atoms with E-state index in [0.717, 1.165) is 12.8 Å². The van der Waals surface area contributed by atoms with E-state index in [0.29, 0.717) is 18.7 Å². The van der Waals surface area contributed by atoms with Crippen LogP contribution in [0.2, 0.25) is 0 Å². The van der Waals surface area contributed by atoms with Gasteiger partial charge in [0.05, 0.1) is 10.9 Å². The van der Waals surface area contributed by atoms with E-state index >= 15 is 0 Å². The molecule has 3 rings (SSSR count). The number of fused-ring (bicyclic) bond motifs is 1. The number of hydrogen-bond donors (Lipinski definition) is 0. The van der Waals surface area contributed by atoms with Crippen LogP contribution in [-0.2, 0) is 16.4 Å².